The lowest BCUT2D eigenvalue weighted by atomic mass is 9.96. The molecule has 1 aliphatic rings. The number of halogens is 1. The quantitative estimate of drug-likeness (QED) is 0.396. The summed E-state index contributed by atoms with van der Waals surface area (Å²) < 4.78 is 2.19. The molecule has 1 saturated heterocycles. The Morgan fingerprint density at radius 2 is 1.66 bits per heavy atom. The highest BCUT2D eigenvalue weighted by Crippen LogP contribution is 2.43. The Hall–Kier alpha value is -3.22. The highest BCUT2D eigenvalue weighted by molar-refractivity contribution is 7.80. The lowest BCUT2D eigenvalue weighted by Gasteiger charge is -2.28. The molecule has 1 N–H and O–H groups in total. The van der Waals surface area contributed by atoms with E-state index >= 15 is 0 Å². The number of benzene rings is 1. The molecule has 4 aromatic rings. The van der Waals surface area contributed by atoms with Gasteiger partial charge in [-0.15, -0.1) is 0 Å². The van der Waals surface area contributed by atoms with Crippen LogP contribution in [-0.2, 0) is 0 Å². The molecule has 1 fully saturated rings. The molecule has 2 atom stereocenters. The minimum Gasteiger partial charge on any atom is -0.351 e. The fourth-order valence-electron chi connectivity index (χ4n) is 4.48. The van der Waals surface area contributed by atoms with Crippen molar-refractivity contribution in [1.82, 2.24) is 19.9 Å². The maximum Gasteiger partial charge on any atom is 0.174 e. The van der Waals surface area contributed by atoms with Crippen LogP contribution in [0.1, 0.15) is 34.7 Å². The van der Waals surface area contributed by atoms with Crippen LogP contribution in [0.5, 0.6) is 0 Å². The molecule has 0 aliphatic carbocycles. The molecule has 1 aliphatic heterocycles. The number of nitrogens with one attached hydrogen (secondary N) is 1. The fourth-order valence-corrected chi connectivity index (χ4v) is 4.95. The number of rotatable bonds is 4. The molecule has 0 saturated carbocycles. The Balaban J connectivity index is 1.68. The number of aryl methyl sites for hydroxylation is 1. The Bertz CT molecular complexity index is 1260. The molecule has 0 unspecified atom stereocenters. The van der Waals surface area contributed by atoms with Crippen molar-refractivity contribution < 1.29 is 0 Å². The first-order valence-corrected chi connectivity index (χ1v) is 11.2. The van der Waals surface area contributed by atoms with Gasteiger partial charge in [-0.25, -0.2) is 4.98 Å². The lowest BCUT2D eigenvalue weighted by Crippen LogP contribution is -2.29. The van der Waals surface area contributed by atoms with Gasteiger partial charge in [0.05, 0.1) is 17.8 Å². The largest absolute Gasteiger partial charge is 0.351 e. The zero-order chi connectivity index (χ0) is 22.2. The third-order valence-corrected chi connectivity index (χ3v) is 6.44. The van der Waals surface area contributed by atoms with Gasteiger partial charge >= 0.3 is 0 Å². The smallest absolute Gasteiger partial charge is 0.174 e. The van der Waals surface area contributed by atoms with Gasteiger partial charge in [0.15, 0.2) is 5.11 Å². The van der Waals surface area contributed by atoms with Crippen molar-refractivity contribution in [3.8, 4) is 5.82 Å². The molecule has 5 rings (SSSR count). The summed E-state index contributed by atoms with van der Waals surface area (Å²) in [5.74, 6) is 0.898. The van der Waals surface area contributed by atoms with E-state index in [1.54, 1.807) is 0 Å². The second-order valence-electron chi connectivity index (χ2n) is 7.82. The number of thiocarbonyl (C=S) groups is 1. The molecular formula is C25H22ClN5S. The molecule has 160 valence electrons. The van der Waals surface area contributed by atoms with Gasteiger partial charge in [-0.1, -0.05) is 23.7 Å². The molecule has 5 nitrogen and oxygen atoms in total. The standard InChI is InChI=1S/C25H22ClN5S/c1-16-15-20(17(2)30(16)22-8-4-6-14-28-22)24-23(21-7-3-5-13-27-21)29-25(32)31(24)19-11-9-18(26)10-12-19/h3-15,23-24H,1-2H3,(H,29,32)/t23-,24+/m1/s1. The van der Waals surface area contributed by atoms with Crippen molar-refractivity contribution in [2.45, 2.75) is 25.9 Å². The molecule has 0 bridgehead atoms. The number of nitrogens with zero attached hydrogens (tertiary/aromatic N) is 4. The third-order valence-electron chi connectivity index (χ3n) is 5.87. The summed E-state index contributed by atoms with van der Waals surface area (Å²) in [4.78, 5) is 11.4. The first kappa shape index (κ1) is 20.7. The van der Waals surface area contributed by atoms with Gasteiger partial charge in [0.25, 0.3) is 0 Å². The van der Waals surface area contributed by atoms with Crippen LogP contribution in [-0.4, -0.2) is 19.6 Å². The minimum absolute atomic E-state index is 0.0813. The number of hydrogen-bond donors (Lipinski definition) is 1. The number of anilines is 1. The van der Waals surface area contributed by atoms with E-state index in [1.165, 1.54) is 5.56 Å². The lowest BCUT2D eigenvalue weighted by molar-refractivity contribution is 0.565. The first-order chi connectivity index (χ1) is 15.5. The van der Waals surface area contributed by atoms with Crippen LogP contribution in [0.3, 0.4) is 0 Å². The summed E-state index contributed by atoms with van der Waals surface area (Å²) in [6.45, 7) is 4.24. The number of pyridine rings is 2. The molecule has 0 spiro atoms. The highest BCUT2D eigenvalue weighted by atomic mass is 35.5. The summed E-state index contributed by atoms with van der Waals surface area (Å²) in [6, 6.07) is 21.8. The zero-order valence-electron chi connectivity index (χ0n) is 17.7. The van der Waals surface area contributed by atoms with Crippen LogP contribution in [0.2, 0.25) is 5.02 Å². The number of hydrogen-bond acceptors (Lipinski definition) is 3. The predicted octanol–water partition coefficient (Wildman–Crippen LogP) is 5.71. The van der Waals surface area contributed by atoms with Crippen molar-refractivity contribution in [2.24, 2.45) is 0 Å². The average Bonchev–Trinajstić information content (AvgIpc) is 3.31. The summed E-state index contributed by atoms with van der Waals surface area (Å²) in [5.41, 5.74) is 5.34. The normalized spacial score (nSPS) is 18.1. The summed E-state index contributed by atoms with van der Waals surface area (Å²) in [5, 5.41) is 4.87. The van der Waals surface area contributed by atoms with Crippen molar-refractivity contribution in [3.05, 3.63) is 107 Å². The second-order valence-corrected chi connectivity index (χ2v) is 8.65. The maximum atomic E-state index is 6.16. The molecule has 32 heavy (non-hydrogen) atoms. The summed E-state index contributed by atoms with van der Waals surface area (Å²) in [6.07, 6.45) is 3.64. The zero-order valence-corrected chi connectivity index (χ0v) is 19.3. The van der Waals surface area contributed by atoms with E-state index in [0.29, 0.717) is 10.1 Å². The van der Waals surface area contributed by atoms with Crippen LogP contribution in [0, 0.1) is 13.8 Å². The monoisotopic (exact) mass is 459 g/mol. The van der Waals surface area contributed by atoms with Crippen LogP contribution < -0.4 is 10.2 Å². The predicted molar refractivity (Wildman–Crippen MR) is 132 cm³/mol. The van der Waals surface area contributed by atoms with E-state index in [2.05, 4.69) is 44.7 Å². The van der Waals surface area contributed by atoms with Gasteiger partial charge in [0.2, 0.25) is 0 Å². The van der Waals surface area contributed by atoms with Gasteiger partial charge in [-0.3, -0.25) is 4.98 Å². The summed E-state index contributed by atoms with van der Waals surface area (Å²) >= 11 is 12.0. The van der Waals surface area contributed by atoms with E-state index in [4.69, 9.17) is 23.8 Å². The van der Waals surface area contributed by atoms with Gasteiger partial charge in [0, 0.05) is 34.5 Å². The third kappa shape index (κ3) is 3.55. The Labute approximate surface area is 197 Å². The molecule has 1 aromatic carbocycles. The van der Waals surface area contributed by atoms with Crippen LogP contribution in [0.4, 0.5) is 5.69 Å². The SMILES string of the molecule is Cc1cc([C@H]2[C@@H](c3ccccn3)NC(=S)N2c2ccc(Cl)cc2)c(C)n1-c1ccccn1. The number of aromatic nitrogens is 3. The van der Waals surface area contributed by atoms with Crippen LogP contribution >= 0.6 is 23.8 Å². The molecule has 7 heteroatoms. The van der Waals surface area contributed by atoms with Crippen molar-refractivity contribution in [2.75, 3.05) is 4.90 Å². The minimum atomic E-state index is -0.0999. The Kier molecular flexibility index (Phi) is 5.41. The Morgan fingerprint density at radius 3 is 2.31 bits per heavy atom. The summed E-state index contributed by atoms with van der Waals surface area (Å²) in [7, 11) is 0. The Morgan fingerprint density at radius 1 is 0.938 bits per heavy atom. The highest BCUT2D eigenvalue weighted by Gasteiger charge is 2.42. The van der Waals surface area contributed by atoms with Crippen LogP contribution in [0.15, 0.2) is 79.1 Å². The van der Waals surface area contributed by atoms with Crippen LogP contribution in [0.25, 0.3) is 5.82 Å². The van der Waals surface area contributed by atoms with E-state index in [9.17, 15) is 0 Å². The van der Waals surface area contributed by atoms with Crippen molar-refractivity contribution in [3.63, 3.8) is 0 Å². The molecule has 0 radical (unpaired) electrons. The topological polar surface area (TPSA) is 46.0 Å². The maximum absolute atomic E-state index is 6.16. The molecule has 0 amide bonds. The van der Waals surface area contributed by atoms with Crippen molar-refractivity contribution >= 4 is 34.6 Å². The van der Waals surface area contributed by atoms with E-state index in [-0.39, 0.29) is 12.1 Å². The molecule has 3 aromatic heterocycles. The second kappa shape index (κ2) is 8.37. The van der Waals surface area contributed by atoms with Crippen molar-refractivity contribution in [1.29, 1.82) is 0 Å². The molecule has 4 heterocycles. The van der Waals surface area contributed by atoms with Gasteiger partial charge in [-0.05, 0) is 86.2 Å². The van der Waals surface area contributed by atoms with Gasteiger partial charge < -0.3 is 14.8 Å². The average molecular weight is 460 g/mol. The van der Waals surface area contributed by atoms with E-state index in [1.807, 2.05) is 73.1 Å². The molecular weight excluding hydrogens is 438 g/mol. The van der Waals surface area contributed by atoms with E-state index < -0.39 is 0 Å². The van der Waals surface area contributed by atoms with E-state index in [0.717, 1.165) is 28.6 Å². The van der Waals surface area contributed by atoms with Gasteiger partial charge in [-0.2, -0.15) is 0 Å². The first-order valence-electron chi connectivity index (χ1n) is 10.4. The van der Waals surface area contributed by atoms with Gasteiger partial charge in [0.1, 0.15) is 5.82 Å². The fraction of sp³-hybridized carbons (Fsp3) is 0.160.